The largest absolute Gasteiger partial charge is 0.445 e. The summed E-state index contributed by atoms with van der Waals surface area (Å²) in [5.41, 5.74) is 6.78. The number of methoxy groups -OCH3 is 2. The lowest BCUT2D eigenvalue weighted by molar-refractivity contribution is -0.148. The number of benzene rings is 2. The van der Waals surface area contributed by atoms with Gasteiger partial charge in [0.2, 0.25) is 65.0 Å². The van der Waals surface area contributed by atoms with Crippen LogP contribution in [0.3, 0.4) is 0 Å². The Labute approximate surface area is 618 Å². The van der Waals surface area contributed by atoms with Gasteiger partial charge in [0.15, 0.2) is 0 Å². The van der Waals surface area contributed by atoms with E-state index in [1.807, 2.05) is 32.0 Å². The summed E-state index contributed by atoms with van der Waals surface area (Å²) in [6.07, 6.45) is 0.981. The van der Waals surface area contributed by atoms with Gasteiger partial charge < -0.3 is 71.9 Å². The summed E-state index contributed by atoms with van der Waals surface area (Å²) in [6.45, 7) is 18.9. The molecule has 2 aromatic carbocycles. The monoisotopic (exact) mass is 1560 g/mol. The molecule has 4 rings (SSSR count). The lowest BCUT2D eigenvalue weighted by Crippen LogP contribution is -2.60. The molecule has 570 valence electrons. The second kappa shape index (κ2) is 42.1. The number of nitrogens with zero attached hydrogens (tertiary/aromatic N) is 4. The molecule has 2 fully saturated rings. The van der Waals surface area contributed by atoms with Gasteiger partial charge in [0.05, 0.1) is 63.4 Å². The SMILES string of the molecule is CCCC(I)(CCC)SC1CC(=O)N(CCC(=O)N[C@@H](CCC(N)=O)C(=O)N[C@@H](CO)C(=O)N[C@@H](C)C(=O)Nc2ccc(COC(=O)N(C)[C@H](C(=O)N[C@H](C(=O)N(C)[C@@H]([C@@H](C)CC)[C@@H](CC(=O)N3CCC[C@H]3[C@H](OC)[C@@H](C)C(=O)N[C@H](C)[C@@H](O)c3ccccc3)OC)C(C)C)C(C)C)cc2)C1=O. The van der Waals surface area contributed by atoms with E-state index in [0.717, 1.165) is 35.5 Å². The zero-order valence-corrected chi connectivity index (χ0v) is 64.9. The lowest BCUT2D eigenvalue weighted by Gasteiger charge is -2.41. The van der Waals surface area contributed by atoms with Gasteiger partial charge in [0.25, 0.3) is 0 Å². The first-order valence-corrected chi connectivity index (χ1v) is 37.3. The first-order chi connectivity index (χ1) is 48.1. The number of rotatable bonds is 42. The van der Waals surface area contributed by atoms with E-state index >= 15 is 0 Å². The van der Waals surface area contributed by atoms with E-state index in [2.05, 4.69) is 68.3 Å². The molecular weight excluding hydrogens is 1450 g/mol. The Hall–Kier alpha value is -7.00. The normalized spacial score (nSPS) is 18.3. The predicted octanol–water partition coefficient (Wildman–Crippen LogP) is 5.23. The molecule has 0 spiro atoms. The van der Waals surface area contributed by atoms with Gasteiger partial charge in [-0.2, -0.15) is 0 Å². The van der Waals surface area contributed by atoms with Crippen LogP contribution >= 0.6 is 34.4 Å². The zero-order chi connectivity index (χ0) is 76.5. The van der Waals surface area contributed by atoms with Crippen molar-refractivity contribution in [3.05, 3.63) is 65.7 Å². The van der Waals surface area contributed by atoms with Crippen molar-refractivity contribution in [3.8, 4) is 0 Å². The van der Waals surface area contributed by atoms with Crippen LogP contribution in [0.15, 0.2) is 54.6 Å². The third-order valence-electron chi connectivity index (χ3n) is 18.9. The van der Waals surface area contributed by atoms with Gasteiger partial charge in [-0.15, -0.1) is 11.8 Å². The van der Waals surface area contributed by atoms with Gasteiger partial charge >= 0.3 is 6.09 Å². The molecule has 1 unspecified atom stereocenters. The molecule has 102 heavy (non-hydrogen) atoms. The summed E-state index contributed by atoms with van der Waals surface area (Å²) in [6, 6.07) is 7.03. The number of hydrogen-bond donors (Lipinski definition) is 9. The molecule has 0 bridgehead atoms. The molecule has 0 aromatic heterocycles. The number of thioether (sulfide) groups is 1. The molecule has 0 saturated carbocycles. The van der Waals surface area contributed by atoms with Crippen molar-refractivity contribution in [2.24, 2.45) is 29.4 Å². The van der Waals surface area contributed by atoms with E-state index < -0.39 is 156 Å². The first-order valence-electron chi connectivity index (χ1n) is 35.4. The van der Waals surface area contributed by atoms with Gasteiger partial charge in [-0.05, 0) is 87.0 Å². The maximum absolute atomic E-state index is 14.8. The Balaban J connectivity index is 1.33. The molecule has 12 amide bonds. The molecule has 2 saturated heterocycles. The third-order valence-corrected chi connectivity index (χ3v) is 22.3. The van der Waals surface area contributed by atoms with Crippen molar-refractivity contribution in [1.82, 2.24) is 46.2 Å². The molecule has 30 heteroatoms. The Kier molecular flexibility index (Phi) is 36.1. The van der Waals surface area contributed by atoms with E-state index in [0.29, 0.717) is 36.9 Å². The zero-order valence-electron chi connectivity index (χ0n) is 61.9. The third kappa shape index (κ3) is 25.1. The van der Waals surface area contributed by atoms with E-state index in [-0.39, 0.29) is 71.4 Å². The van der Waals surface area contributed by atoms with Crippen LogP contribution in [0.2, 0.25) is 0 Å². The number of nitrogens with two attached hydrogens (primary N) is 1. The number of carbonyl (C=O) groups is 12. The summed E-state index contributed by atoms with van der Waals surface area (Å²) >= 11 is 3.82. The minimum absolute atomic E-state index is 0.00463. The maximum Gasteiger partial charge on any atom is 0.410 e. The average Bonchev–Trinajstić information content (AvgIpc) is 1.16. The van der Waals surface area contributed by atoms with Crippen LogP contribution in [0.5, 0.6) is 0 Å². The summed E-state index contributed by atoms with van der Waals surface area (Å²) in [4.78, 5) is 168. The van der Waals surface area contributed by atoms with Crippen LogP contribution in [-0.2, 0) is 73.6 Å². The van der Waals surface area contributed by atoms with Crippen molar-refractivity contribution >= 4 is 111 Å². The summed E-state index contributed by atoms with van der Waals surface area (Å²) in [7, 11) is 6.03. The average molecular weight is 1560 g/mol. The van der Waals surface area contributed by atoms with Crippen LogP contribution in [0.4, 0.5) is 10.5 Å². The molecule has 2 heterocycles. The molecule has 2 aliphatic heterocycles. The minimum atomic E-state index is -1.63. The number of amides is 12. The van der Waals surface area contributed by atoms with Gasteiger partial charge in [-0.1, -0.05) is 147 Å². The van der Waals surface area contributed by atoms with Crippen molar-refractivity contribution < 1.29 is 82.0 Å². The number of anilines is 1. The number of aliphatic hydroxyl groups is 2. The Bertz CT molecular complexity index is 3150. The Morgan fingerprint density at radius 1 is 0.755 bits per heavy atom. The maximum atomic E-state index is 14.8. The molecule has 28 nitrogen and oxygen atoms in total. The minimum Gasteiger partial charge on any atom is -0.445 e. The van der Waals surface area contributed by atoms with Gasteiger partial charge in [-0.25, -0.2) is 4.79 Å². The van der Waals surface area contributed by atoms with Gasteiger partial charge in [0, 0.05) is 66.4 Å². The number of hydrogen-bond acceptors (Lipinski definition) is 18. The summed E-state index contributed by atoms with van der Waals surface area (Å²) < 4.78 is 17.5. The molecule has 2 aliphatic rings. The lowest BCUT2D eigenvalue weighted by atomic mass is 9.89. The number of alkyl halides is 1. The van der Waals surface area contributed by atoms with Crippen molar-refractivity contribution in [2.75, 3.05) is 53.3 Å². The number of aliphatic hydroxyl groups excluding tert-OH is 2. The van der Waals surface area contributed by atoms with Crippen molar-refractivity contribution in [3.63, 3.8) is 0 Å². The molecular formula is C72H112IN11O17S. The number of likely N-dealkylation sites (tertiary alicyclic amines) is 2. The van der Waals surface area contributed by atoms with Gasteiger partial charge in [0.1, 0.15) is 36.8 Å². The number of carbonyl (C=O) groups excluding carboxylic acids is 12. The Morgan fingerprint density at radius 2 is 1.38 bits per heavy atom. The molecule has 2 aromatic rings. The van der Waals surface area contributed by atoms with Crippen molar-refractivity contribution in [2.45, 2.75) is 234 Å². The van der Waals surface area contributed by atoms with E-state index in [1.165, 1.54) is 57.0 Å². The summed E-state index contributed by atoms with van der Waals surface area (Å²) in [5, 5.41) is 36.3. The number of ether oxygens (including phenoxy) is 3. The van der Waals surface area contributed by atoms with Crippen LogP contribution in [0, 0.1) is 23.7 Å². The topological polar surface area (TPSA) is 384 Å². The fraction of sp³-hybridized carbons (Fsp3) is 0.667. The second-order valence-electron chi connectivity index (χ2n) is 27.4. The fourth-order valence-corrected chi connectivity index (χ4v) is 16.6. The Morgan fingerprint density at radius 3 is 1.94 bits per heavy atom. The second-order valence-corrected chi connectivity index (χ2v) is 31.8. The van der Waals surface area contributed by atoms with E-state index in [9.17, 15) is 67.7 Å². The first kappa shape index (κ1) is 87.4. The van der Waals surface area contributed by atoms with E-state index in [1.54, 1.807) is 77.8 Å². The van der Waals surface area contributed by atoms with Crippen molar-refractivity contribution in [1.29, 1.82) is 0 Å². The number of imide groups is 1. The highest BCUT2D eigenvalue weighted by Gasteiger charge is 2.46. The molecule has 14 atom stereocenters. The molecule has 0 radical (unpaired) electrons. The van der Waals surface area contributed by atoms with Crippen LogP contribution in [-0.4, -0.2) is 217 Å². The standard InChI is InChI=1S/C72H112IN11O17S/c1-16-33-72(73,34-17-2)102-54-38-58(89)84(69(54)96)36-32-56(87)78-50(30-31-55(74)86)66(93)79-51(39-85)67(94)76-46(11)65(92)77-49-28-26-47(27-29-49)40-101-71(98)82(13)60(42(6)7)68(95)80-59(41(4)5)70(97)81(12)61(43(8)18-3)53(99-14)37-57(88)83-35-22-25-52(83)63(100-15)44(9)64(91)75-45(10)62(90)48-23-20-19-21-24-48/h19-21,23-24,26-29,41-46,50-54,59-63,85,90H,16-18,22,25,30-40H2,1-15H3,(H2,74,86)(H,75,91)(H,76,94)(H,77,92)(H,78,87)(H,79,93)(H,80,95)/t43-,44+,45+,46-,50-,51-,52-,53+,54?,59-,60-,61-,62+,63+/m0/s1. The van der Waals surface area contributed by atoms with E-state index in [4.69, 9.17) is 19.9 Å². The molecule has 0 aliphatic carbocycles. The summed E-state index contributed by atoms with van der Waals surface area (Å²) in [5.74, 6) is -8.39. The predicted molar refractivity (Wildman–Crippen MR) is 394 cm³/mol. The van der Waals surface area contributed by atoms with Gasteiger partial charge in [-0.3, -0.25) is 62.5 Å². The van der Waals surface area contributed by atoms with Crippen LogP contribution in [0.25, 0.3) is 0 Å². The van der Waals surface area contributed by atoms with Crippen LogP contribution < -0.4 is 37.6 Å². The number of nitrogens with one attached hydrogen (secondary N) is 6. The fourth-order valence-electron chi connectivity index (χ4n) is 13.0. The highest BCUT2D eigenvalue weighted by atomic mass is 127. The number of primary amides is 1. The highest BCUT2D eigenvalue weighted by Crippen LogP contribution is 2.46. The quantitative estimate of drug-likeness (QED) is 0.0233. The van der Waals surface area contributed by atoms with Crippen LogP contribution in [0.1, 0.15) is 170 Å². The highest BCUT2D eigenvalue weighted by molar-refractivity contribution is 14.1. The number of halogens is 1. The smallest absolute Gasteiger partial charge is 0.410 e. The number of likely N-dealkylation sites (N-methyl/N-ethyl adjacent to an activating group) is 2. The molecule has 10 N–H and O–H groups in total.